The van der Waals surface area contributed by atoms with Gasteiger partial charge in [-0.15, -0.1) is 0 Å². The summed E-state index contributed by atoms with van der Waals surface area (Å²) < 4.78 is 0. The molecule has 0 saturated heterocycles. The van der Waals surface area contributed by atoms with Crippen molar-refractivity contribution < 1.29 is 5.11 Å². The average Bonchev–Trinajstić information content (AvgIpc) is 2.39. The van der Waals surface area contributed by atoms with Crippen LogP contribution in [0.5, 0.6) is 0 Å². The summed E-state index contributed by atoms with van der Waals surface area (Å²) in [5, 5.41) is 11.3. The van der Waals surface area contributed by atoms with Gasteiger partial charge in [0.05, 0.1) is 5.60 Å². The summed E-state index contributed by atoms with van der Waals surface area (Å²) in [7, 11) is 4.27. The first kappa shape index (κ1) is 16.8. The van der Waals surface area contributed by atoms with Crippen LogP contribution >= 0.6 is 11.6 Å². The van der Waals surface area contributed by atoms with E-state index in [0.717, 1.165) is 17.9 Å². The Hall–Kier alpha value is -0.570. The van der Waals surface area contributed by atoms with Gasteiger partial charge in [-0.3, -0.25) is 0 Å². The minimum atomic E-state index is -0.574. The highest BCUT2D eigenvalue weighted by atomic mass is 35.5. The Kier molecular flexibility index (Phi) is 5.34. The lowest BCUT2D eigenvalue weighted by Gasteiger charge is -2.47. The number of benzene rings is 1. The molecule has 0 spiro atoms. The van der Waals surface area contributed by atoms with Crippen LogP contribution in [0.2, 0.25) is 5.02 Å². The molecule has 2 rings (SSSR count). The highest BCUT2D eigenvalue weighted by molar-refractivity contribution is 6.30. The number of hydrogen-bond donors (Lipinski definition) is 1. The van der Waals surface area contributed by atoms with Crippen molar-refractivity contribution >= 4 is 11.6 Å². The molecule has 2 nitrogen and oxygen atoms in total. The van der Waals surface area contributed by atoms with Crippen LogP contribution in [-0.2, 0) is 0 Å². The third-order valence-electron chi connectivity index (χ3n) is 5.19. The summed E-state index contributed by atoms with van der Waals surface area (Å²) in [4.78, 5) is 2.29. The molecule has 4 unspecified atom stereocenters. The fourth-order valence-electron chi connectivity index (χ4n) is 3.42. The van der Waals surface area contributed by atoms with Gasteiger partial charge < -0.3 is 10.0 Å². The van der Waals surface area contributed by atoms with E-state index in [1.807, 2.05) is 19.1 Å². The van der Waals surface area contributed by atoms with Gasteiger partial charge in [-0.05, 0) is 76.2 Å². The molecule has 0 aromatic heterocycles. The molecule has 3 heteroatoms. The van der Waals surface area contributed by atoms with Crippen LogP contribution in [0.4, 0.5) is 0 Å². The topological polar surface area (TPSA) is 23.5 Å². The highest BCUT2D eigenvalue weighted by Gasteiger charge is 2.41. The summed E-state index contributed by atoms with van der Waals surface area (Å²) in [5.41, 5.74) is 0.813. The molecule has 0 bridgehead atoms. The molecule has 0 heterocycles. The zero-order valence-electron chi connectivity index (χ0n) is 13.6. The predicted octanol–water partition coefficient (Wildman–Crippen LogP) is 4.31. The molecule has 1 aromatic rings. The largest absolute Gasteiger partial charge is 0.390 e. The van der Waals surface area contributed by atoms with E-state index in [9.17, 15) is 5.11 Å². The van der Waals surface area contributed by atoms with E-state index in [1.165, 1.54) is 18.4 Å². The molecule has 0 radical (unpaired) electrons. The maximum Gasteiger partial charge on any atom is 0.0632 e. The van der Waals surface area contributed by atoms with Crippen LogP contribution < -0.4 is 0 Å². The van der Waals surface area contributed by atoms with Gasteiger partial charge >= 0.3 is 0 Å². The number of rotatable bonds is 6. The fraction of sp³-hybridized carbons (Fsp3) is 0.667. The Bertz CT molecular complexity index is 455. The SMILES string of the molecule is CCC(C)(O)CC(C1CCC1c1ccc(Cl)cc1)N(C)C. The molecular formula is C18H28ClNO. The molecule has 118 valence electrons. The van der Waals surface area contributed by atoms with Crippen molar-refractivity contribution in [2.45, 2.75) is 57.1 Å². The second-order valence-electron chi connectivity index (χ2n) is 6.98. The third kappa shape index (κ3) is 4.00. The first-order valence-corrected chi connectivity index (χ1v) is 8.36. The Labute approximate surface area is 134 Å². The zero-order valence-corrected chi connectivity index (χ0v) is 14.4. The Balaban J connectivity index is 2.12. The zero-order chi connectivity index (χ0) is 15.6. The summed E-state index contributed by atoms with van der Waals surface area (Å²) in [6.07, 6.45) is 4.13. The maximum absolute atomic E-state index is 10.5. The standard InChI is InChI=1S/C18H28ClNO/c1-5-18(2,21)12-17(20(3)4)16-11-10-15(16)13-6-8-14(19)9-7-13/h6-9,15-17,21H,5,10-12H2,1-4H3. The van der Waals surface area contributed by atoms with Crippen molar-refractivity contribution in [1.29, 1.82) is 0 Å². The van der Waals surface area contributed by atoms with Crippen LogP contribution in [-0.4, -0.2) is 35.7 Å². The predicted molar refractivity (Wildman–Crippen MR) is 89.9 cm³/mol. The lowest BCUT2D eigenvalue weighted by Crippen LogP contribution is -2.47. The van der Waals surface area contributed by atoms with E-state index >= 15 is 0 Å². The third-order valence-corrected chi connectivity index (χ3v) is 5.45. The molecule has 1 fully saturated rings. The molecule has 1 aromatic carbocycles. The summed E-state index contributed by atoms with van der Waals surface area (Å²) >= 11 is 5.99. The molecule has 0 aliphatic heterocycles. The number of nitrogens with zero attached hydrogens (tertiary/aromatic N) is 1. The summed E-state index contributed by atoms with van der Waals surface area (Å²) in [5.74, 6) is 1.22. The van der Waals surface area contributed by atoms with E-state index < -0.39 is 5.60 Å². The van der Waals surface area contributed by atoms with Crippen LogP contribution in [0, 0.1) is 5.92 Å². The molecule has 0 amide bonds. The van der Waals surface area contributed by atoms with Crippen LogP contribution in [0.15, 0.2) is 24.3 Å². The Morgan fingerprint density at radius 2 is 1.90 bits per heavy atom. The molecule has 4 atom stereocenters. The van der Waals surface area contributed by atoms with Crippen molar-refractivity contribution in [2.24, 2.45) is 5.92 Å². The van der Waals surface area contributed by atoms with Gasteiger partial charge in [-0.25, -0.2) is 0 Å². The van der Waals surface area contributed by atoms with Crippen molar-refractivity contribution in [3.05, 3.63) is 34.9 Å². The van der Waals surface area contributed by atoms with E-state index in [4.69, 9.17) is 11.6 Å². The van der Waals surface area contributed by atoms with Gasteiger partial charge in [-0.1, -0.05) is 30.7 Å². The van der Waals surface area contributed by atoms with Crippen LogP contribution in [0.1, 0.15) is 51.0 Å². The van der Waals surface area contributed by atoms with Crippen molar-refractivity contribution in [1.82, 2.24) is 4.90 Å². The summed E-state index contributed by atoms with van der Waals surface area (Å²) in [6.45, 7) is 4.02. The van der Waals surface area contributed by atoms with Gasteiger partial charge in [0.1, 0.15) is 0 Å². The Morgan fingerprint density at radius 1 is 1.29 bits per heavy atom. The van der Waals surface area contributed by atoms with Crippen molar-refractivity contribution in [3.63, 3.8) is 0 Å². The minimum Gasteiger partial charge on any atom is -0.390 e. The monoisotopic (exact) mass is 309 g/mol. The molecule has 1 aliphatic rings. The first-order chi connectivity index (χ1) is 9.84. The van der Waals surface area contributed by atoms with Crippen molar-refractivity contribution in [3.8, 4) is 0 Å². The number of hydrogen-bond acceptors (Lipinski definition) is 2. The van der Waals surface area contributed by atoms with E-state index in [1.54, 1.807) is 0 Å². The maximum atomic E-state index is 10.5. The number of halogens is 1. The van der Waals surface area contributed by atoms with E-state index in [0.29, 0.717) is 17.9 Å². The smallest absolute Gasteiger partial charge is 0.0632 e. The highest BCUT2D eigenvalue weighted by Crippen LogP contribution is 2.47. The molecule has 1 saturated carbocycles. The van der Waals surface area contributed by atoms with Crippen LogP contribution in [0.3, 0.4) is 0 Å². The molecule has 1 N–H and O–H groups in total. The Morgan fingerprint density at radius 3 is 2.33 bits per heavy atom. The minimum absolute atomic E-state index is 0.425. The molecular weight excluding hydrogens is 282 g/mol. The first-order valence-electron chi connectivity index (χ1n) is 7.98. The van der Waals surface area contributed by atoms with Gasteiger partial charge in [0.15, 0.2) is 0 Å². The second-order valence-corrected chi connectivity index (χ2v) is 7.42. The molecule has 1 aliphatic carbocycles. The second kappa shape index (κ2) is 6.68. The average molecular weight is 310 g/mol. The summed E-state index contributed by atoms with van der Waals surface area (Å²) in [6, 6.07) is 8.71. The molecule has 21 heavy (non-hydrogen) atoms. The van der Waals surface area contributed by atoms with Crippen molar-refractivity contribution in [2.75, 3.05) is 14.1 Å². The van der Waals surface area contributed by atoms with Gasteiger partial charge in [-0.2, -0.15) is 0 Å². The number of aliphatic hydroxyl groups is 1. The lowest BCUT2D eigenvalue weighted by molar-refractivity contribution is -0.00587. The van der Waals surface area contributed by atoms with Gasteiger partial charge in [0.25, 0.3) is 0 Å². The van der Waals surface area contributed by atoms with E-state index in [-0.39, 0.29) is 0 Å². The van der Waals surface area contributed by atoms with Gasteiger partial charge in [0.2, 0.25) is 0 Å². The lowest BCUT2D eigenvalue weighted by atomic mass is 9.64. The normalized spacial score (nSPS) is 26.2. The van der Waals surface area contributed by atoms with Gasteiger partial charge in [0, 0.05) is 11.1 Å². The van der Waals surface area contributed by atoms with E-state index in [2.05, 4.69) is 38.1 Å². The fourth-order valence-corrected chi connectivity index (χ4v) is 3.55. The quantitative estimate of drug-likeness (QED) is 0.846. The van der Waals surface area contributed by atoms with Crippen LogP contribution in [0.25, 0.3) is 0 Å².